The number of hydrogen-bond acceptors (Lipinski definition) is 6. The van der Waals surface area contributed by atoms with E-state index in [0.29, 0.717) is 9.47 Å². The van der Waals surface area contributed by atoms with Gasteiger partial charge in [0.15, 0.2) is 4.34 Å². The van der Waals surface area contributed by atoms with Crippen LogP contribution in [0, 0.1) is 19.7 Å². The zero-order chi connectivity index (χ0) is 19.4. The van der Waals surface area contributed by atoms with Gasteiger partial charge in [-0.05, 0) is 56.2 Å². The number of carbonyl (C=O) groups is 1. The average molecular weight is 403 g/mol. The van der Waals surface area contributed by atoms with Crippen LogP contribution in [-0.4, -0.2) is 21.4 Å². The summed E-state index contributed by atoms with van der Waals surface area (Å²) in [6, 6.07) is 12.2. The molecule has 1 amide bonds. The molecule has 8 heteroatoms. The Morgan fingerprint density at radius 1 is 1.15 bits per heavy atom. The maximum absolute atomic E-state index is 13.7. The molecule has 1 aromatic heterocycles. The van der Waals surface area contributed by atoms with Crippen LogP contribution < -0.4 is 10.6 Å². The third kappa shape index (κ3) is 5.05. The van der Waals surface area contributed by atoms with Crippen LogP contribution in [-0.2, 0) is 4.79 Å². The number of thioether (sulfide) groups is 1. The third-order valence-corrected chi connectivity index (χ3v) is 5.97. The van der Waals surface area contributed by atoms with Crippen LogP contribution >= 0.6 is 23.1 Å². The van der Waals surface area contributed by atoms with E-state index in [4.69, 9.17) is 0 Å². The molecule has 0 aliphatic heterocycles. The fraction of sp³-hybridized carbons (Fsp3) is 0.211. The molecular formula is C19H19FN4OS2. The lowest BCUT2D eigenvalue weighted by atomic mass is 10.1. The molecule has 0 spiro atoms. The number of halogens is 1. The quantitative estimate of drug-likeness (QED) is 0.558. The topological polar surface area (TPSA) is 66.9 Å². The molecule has 1 heterocycles. The average Bonchev–Trinajstić information content (AvgIpc) is 3.07. The fourth-order valence-corrected chi connectivity index (χ4v) is 4.17. The van der Waals surface area contributed by atoms with E-state index in [1.54, 1.807) is 19.1 Å². The van der Waals surface area contributed by atoms with Gasteiger partial charge in [0.2, 0.25) is 11.0 Å². The number of hydrogen-bond donors (Lipinski definition) is 2. The van der Waals surface area contributed by atoms with Crippen LogP contribution in [0.15, 0.2) is 46.8 Å². The maximum Gasteiger partial charge on any atom is 0.237 e. The molecule has 0 bridgehead atoms. The monoisotopic (exact) mass is 402 g/mol. The van der Waals surface area contributed by atoms with Crippen LogP contribution in [0.5, 0.6) is 0 Å². The smallest absolute Gasteiger partial charge is 0.237 e. The Kier molecular flexibility index (Phi) is 6.08. The lowest BCUT2D eigenvalue weighted by Gasteiger charge is -2.10. The molecule has 5 nitrogen and oxygen atoms in total. The van der Waals surface area contributed by atoms with Gasteiger partial charge in [-0.2, -0.15) is 0 Å². The first-order valence-corrected chi connectivity index (χ1v) is 10.0. The summed E-state index contributed by atoms with van der Waals surface area (Å²) in [5.41, 5.74) is 3.53. The largest absolute Gasteiger partial charge is 0.330 e. The summed E-state index contributed by atoms with van der Waals surface area (Å²) in [6.07, 6.45) is 0. The SMILES string of the molecule is Cc1ccc(Nc2nnc(S[C@H](C)C(=O)Nc3ccccc3F)s2)cc1C. The van der Waals surface area contributed by atoms with Crippen molar-refractivity contribution in [1.29, 1.82) is 0 Å². The minimum atomic E-state index is -0.459. The standard InChI is InChI=1S/C19H19FN4OS2/c1-11-8-9-14(10-12(11)2)21-18-23-24-19(27-18)26-13(3)17(25)22-16-7-5-4-6-15(16)20/h4-10,13H,1-3H3,(H,21,23)(H,22,25)/t13-/m1/s1. The van der Waals surface area contributed by atoms with Crippen LogP contribution in [0.3, 0.4) is 0 Å². The zero-order valence-electron chi connectivity index (χ0n) is 15.1. The number of carbonyl (C=O) groups excluding carboxylic acids is 1. The van der Waals surface area contributed by atoms with Gasteiger partial charge in [-0.25, -0.2) is 4.39 Å². The summed E-state index contributed by atoms with van der Waals surface area (Å²) in [5.74, 6) is -0.747. The number of nitrogens with one attached hydrogen (secondary N) is 2. The molecule has 1 atom stereocenters. The molecule has 3 rings (SSSR count). The number of aromatic nitrogens is 2. The lowest BCUT2D eigenvalue weighted by molar-refractivity contribution is -0.115. The van der Waals surface area contributed by atoms with E-state index in [1.165, 1.54) is 46.4 Å². The van der Waals surface area contributed by atoms with Gasteiger partial charge < -0.3 is 10.6 Å². The molecule has 140 valence electrons. The summed E-state index contributed by atoms with van der Waals surface area (Å²) >= 11 is 2.65. The lowest BCUT2D eigenvalue weighted by Crippen LogP contribution is -2.22. The normalized spacial score (nSPS) is 11.9. The molecule has 27 heavy (non-hydrogen) atoms. The van der Waals surface area contributed by atoms with Crippen molar-refractivity contribution in [3.8, 4) is 0 Å². The highest BCUT2D eigenvalue weighted by Crippen LogP contribution is 2.31. The molecule has 2 N–H and O–H groups in total. The van der Waals surface area contributed by atoms with Gasteiger partial charge in [0.25, 0.3) is 0 Å². The van der Waals surface area contributed by atoms with Crippen LogP contribution in [0.2, 0.25) is 0 Å². The van der Waals surface area contributed by atoms with Crippen molar-refractivity contribution in [2.75, 3.05) is 10.6 Å². The summed E-state index contributed by atoms with van der Waals surface area (Å²) in [7, 11) is 0. The van der Waals surface area contributed by atoms with Crippen LogP contribution in [0.4, 0.5) is 20.9 Å². The van der Waals surface area contributed by atoms with Crippen molar-refractivity contribution in [3.05, 3.63) is 59.4 Å². The Morgan fingerprint density at radius 3 is 2.67 bits per heavy atom. The Balaban J connectivity index is 1.60. The van der Waals surface area contributed by atoms with Crippen molar-refractivity contribution in [3.63, 3.8) is 0 Å². The third-order valence-electron chi connectivity index (χ3n) is 3.94. The molecule has 0 radical (unpaired) electrons. The van der Waals surface area contributed by atoms with Crippen LogP contribution in [0.1, 0.15) is 18.1 Å². The van der Waals surface area contributed by atoms with Gasteiger partial charge in [-0.1, -0.05) is 41.3 Å². The summed E-state index contributed by atoms with van der Waals surface area (Å²) in [6.45, 7) is 5.86. The summed E-state index contributed by atoms with van der Waals surface area (Å²) in [4.78, 5) is 12.3. The van der Waals surface area contributed by atoms with Crippen molar-refractivity contribution in [2.45, 2.75) is 30.4 Å². The minimum Gasteiger partial charge on any atom is -0.330 e. The highest BCUT2D eigenvalue weighted by atomic mass is 32.2. The molecule has 0 fully saturated rings. The molecule has 0 aliphatic rings. The maximum atomic E-state index is 13.7. The first-order valence-electron chi connectivity index (χ1n) is 8.32. The number of amides is 1. The number of benzene rings is 2. The first-order chi connectivity index (χ1) is 12.9. The van der Waals surface area contributed by atoms with E-state index >= 15 is 0 Å². The van der Waals surface area contributed by atoms with E-state index in [1.807, 2.05) is 18.2 Å². The van der Waals surface area contributed by atoms with Gasteiger partial charge >= 0.3 is 0 Å². The number of para-hydroxylation sites is 1. The first kappa shape index (κ1) is 19.3. The summed E-state index contributed by atoms with van der Waals surface area (Å²) in [5, 5.41) is 14.3. The summed E-state index contributed by atoms with van der Waals surface area (Å²) < 4.78 is 14.3. The van der Waals surface area contributed by atoms with E-state index in [2.05, 4.69) is 34.7 Å². The Bertz CT molecular complexity index is 960. The van der Waals surface area contributed by atoms with E-state index in [9.17, 15) is 9.18 Å². The van der Waals surface area contributed by atoms with Crippen LogP contribution in [0.25, 0.3) is 0 Å². The Morgan fingerprint density at radius 2 is 1.93 bits per heavy atom. The molecular weight excluding hydrogens is 383 g/mol. The molecule has 2 aromatic carbocycles. The Labute approximate surface area is 165 Å². The van der Waals surface area contributed by atoms with Crippen molar-refractivity contribution < 1.29 is 9.18 Å². The molecule has 0 saturated carbocycles. The molecule has 0 unspecified atom stereocenters. The predicted molar refractivity (Wildman–Crippen MR) is 109 cm³/mol. The van der Waals surface area contributed by atoms with E-state index in [-0.39, 0.29) is 11.6 Å². The van der Waals surface area contributed by atoms with Gasteiger partial charge in [-0.15, -0.1) is 10.2 Å². The van der Waals surface area contributed by atoms with Crippen molar-refractivity contribution in [2.24, 2.45) is 0 Å². The molecule has 3 aromatic rings. The number of anilines is 3. The predicted octanol–water partition coefficient (Wildman–Crippen LogP) is 5.16. The number of aryl methyl sites for hydroxylation is 2. The van der Waals surface area contributed by atoms with Gasteiger partial charge in [0.05, 0.1) is 10.9 Å². The highest BCUT2D eigenvalue weighted by molar-refractivity contribution is 8.02. The minimum absolute atomic E-state index is 0.171. The fourth-order valence-electron chi connectivity index (χ4n) is 2.25. The zero-order valence-corrected chi connectivity index (χ0v) is 16.7. The second-order valence-corrected chi connectivity index (χ2v) is 8.59. The van der Waals surface area contributed by atoms with Gasteiger partial charge in [0, 0.05) is 5.69 Å². The van der Waals surface area contributed by atoms with Gasteiger partial charge in [0.1, 0.15) is 5.82 Å². The second kappa shape index (κ2) is 8.49. The highest BCUT2D eigenvalue weighted by Gasteiger charge is 2.18. The Hall–Kier alpha value is -2.45. The second-order valence-electron chi connectivity index (χ2n) is 6.03. The van der Waals surface area contributed by atoms with Crippen molar-refractivity contribution >= 4 is 45.5 Å². The van der Waals surface area contributed by atoms with Crippen molar-refractivity contribution in [1.82, 2.24) is 10.2 Å². The van der Waals surface area contributed by atoms with Gasteiger partial charge in [-0.3, -0.25) is 4.79 Å². The molecule has 0 saturated heterocycles. The number of rotatable bonds is 6. The number of nitrogens with zero attached hydrogens (tertiary/aromatic N) is 2. The van der Waals surface area contributed by atoms with E-state index < -0.39 is 11.1 Å². The van der Waals surface area contributed by atoms with E-state index in [0.717, 1.165) is 5.69 Å². The molecule has 0 aliphatic carbocycles.